The standard InChI is InChI=1S/C4H8N4O.ClH/c5-4-6-3-8(7-4)1-2-9;/h3,9H,1-2H2,(H2,5,7);1H. The number of hydrogen-bond acceptors (Lipinski definition) is 4. The molecule has 10 heavy (non-hydrogen) atoms. The number of aliphatic hydroxyl groups excluding tert-OH is 1. The molecule has 1 rings (SSSR count). The van der Waals surface area contributed by atoms with Gasteiger partial charge in [0, 0.05) is 0 Å². The van der Waals surface area contributed by atoms with Gasteiger partial charge in [-0.1, -0.05) is 0 Å². The van der Waals surface area contributed by atoms with Crippen LogP contribution >= 0.6 is 12.4 Å². The molecule has 3 N–H and O–H groups in total. The average Bonchev–Trinajstić information content (AvgIpc) is 2.17. The third-order valence-electron chi connectivity index (χ3n) is 0.883. The van der Waals surface area contributed by atoms with Crippen LogP contribution in [-0.4, -0.2) is 26.5 Å². The van der Waals surface area contributed by atoms with Gasteiger partial charge in [0.05, 0.1) is 13.2 Å². The van der Waals surface area contributed by atoms with E-state index >= 15 is 0 Å². The van der Waals surface area contributed by atoms with E-state index in [0.29, 0.717) is 6.54 Å². The smallest absolute Gasteiger partial charge is 0.239 e. The zero-order valence-corrected chi connectivity index (χ0v) is 6.08. The fourth-order valence-electron chi connectivity index (χ4n) is 0.519. The summed E-state index contributed by atoms with van der Waals surface area (Å²) >= 11 is 0. The van der Waals surface area contributed by atoms with E-state index in [9.17, 15) is 0 Å². The molecular formula is C4H9ClN4O. The van der Waals surface area contributed by atoms with Crippen LogP contribution in [0.15, 0.2) is 6.33 Å². The van der Waals surface area contributed by atoms with Crippen molar-refractivity contribution in [3.63, 3.8) is 0 Å². The Balaban J connectivity index is 0.000000810. The second-order valence-electron chi connectivity index (χ2n) is 1.59. The summed E-state index contributed by atoms with van der Waals surface area (Å²) in [5.74, 6) is 0.239. The molecular weight excluding hydrogens is 156 g/mol. The van der Waals surface area contributed by atoms with E-state index in [1.165, 1.54) is 11.0 Å². The minimum Gasteiger partial charge on any atom is -0.394 e. The third kappa shape index (κ3) is 2.20. The Bertz CT molecular complexity index is 189. The quantitative estimate of drug-likeness (QED) is 0.605. The van der Waals surface area contributed by atoms with Crippen molar-refractivity contribution in [2.24, 2.45) is 0 Å². The predicted molar refractivity (Wildman–Crippen MR) is 38.8 cm³/mol. The molecule has 0 aliphatic carbocycles. The van der Waals surface area contributed by atoms with Crippen LogP contribution in [0.5, 0.6) is 0 Å². The molecule has 1 aromatic heterocycles. The van der Waals surface area contributed by atoms with Crippen molar-refractivity contribution in [2.75, 3.05) is 12.3 Å². The molecule has 0 aliphatic rings. The Kier molecular flexibility index (Phi) is 3.75. The van der Waals surface area contributed by atoms with E-state index in [-0.39, 0.29) is 25.0 Å². The summed E-state index contributed by atoms with van der Waals surface area (Å²) in [7, 11) is 0. The summed E-state index contributed by atoms with van der Waals surface area (Å²) in [5, 5.41) is 12.1. The van der Waals surface area contributed by atoms with Gasteiger partial charge in [-0.15, -0.1) is 17.5 Å². The first kappa shape index (κ1) is 9.19. The van der Waals surface area contributed by atoms with Crippen LogP contribution in [0.2, 0.25) is 0 Å². The molecule has 0 bridgehead atoms. The highest BCUT2D eigenvalue weighted by Crippen LogP contribution is 1.86. The number of nitrogens with two attached hydrogens (primary N) is 1. The molecule has 0 fully saturated rings. The van der Waals surface area contributed by atoms with Crippen molar-refractivity contribution in [3.05, 3.63) is 6.33 Å². The van der Waals surface area contributed by atoms with Gasteiger partial charge in [-0.3, -0.25) is 0 Å². The van der Waals surface area contributed by atoms with E-state index < -0.39 is 0 Å². The Morgan fingerprint density at radius 2 is 2.40 bits per heavy atom. The lowest BCUT2D eigenvalue weighted by Gasteiger charge is -1.91. The second-order valence-corrected chi connectivity index (χ2v) is 1.59. The number of nitrogens with zero attached hydrogens (tertiary/aromatic N) is 3. The monoisotopic (exact) mass is 164 g/mol. The minimum absolute atomic E-state index is 0. The fraction of sp³-hybridized carbons (Fsp3) is 0.500. The van der Waals surface area contributed by atoms with E-state index in [2.05, 4.69) is 10.1 Å². The lowest BCUT2D eigenvalue weighted by Crippen LogP contribution is -2.02. The van der Waals surface area contributed by atoms with Crippen LogP contribution in [0.3, 0.4) is 0 Å². The third-order valence-corrected chi connectivity index (χ3v) is 0.883. The maximum absolute atomic E-state index is 8.40. The maximum atomic E-state index is 8.40. The number of nitrogen functional groups attached to an aromatic ring is 1. The summed E-state index contributed by atoms with van der Waals surface area (Å²) in [6.45, 7) is 0.507. The molecule has 6 heteroatoms. The van der Waals surface area contributed by atoms with Crippen LogP contribution in [0.1, 0.15) is 0 Å². The fourth-order valence-corrected chi connectivity index (χ4v) is 0.519. The Morgan fingerprint density at radius 3 is 2.80 bits per heavy atom. The molecule has 5 nitrogen and oxygen atoms in total. The number of anilines is 1. The first-order valence-electron chi connectivity index (χ1n) is 2.58. The number of halogens is 1. The molecule has 58 valence electrons. The predicted octanol–water partition coefficient (Wildman–Crippen LogP) is -0.726. The van der Waals surface area contributed by atoms with Crippen LogP contribution in [-0.2, 0) is 6.54 Å². The van der Waals surface area contributed by atoms with Crippen molar-refractivity contribution in [1.82, 2.24) is 14.8 Å². The lowest BCUT2D eigenvalue weighted by molar-refractivity contribution is 0.269. The largest absolute Gasteiger partial charge is 0.394 e. The van der Waals surface area contributed by atoms with E-state index in [1.807, 2.05) is 0 Å². The summed E-state index contributed by atoms with van der Waals surface area (Å²) < 4.78 is 1.48. The minimum atomic E-state index is 0. The van der Waals surface area contributed by atoms with Gasteiger partial charge in [0.2, 0.25) is 5.95 Å². The molecule has 0 radical (unpaired) electrons. The van der Waals surface area contributed by atoms with Crippen molar-refractivity contribution >= 4 is 18.4 Å². The summed E-state index contributed by atoms with van der Waals surface area (Å²) in [5.41, 5.74) is 5.18. The van der Waals surface area contributed by atoms with Gasteiger partial charge in [0.1, 0.15) is 6.33 Å². The first-order chi connectivity index (χ1) is 4.33. The van der Waals surface area contributed by atoms with Gasteiger partial charge in [-0.2, -0.15) is 0 Å². The Morgan fingerprint density at radius 1 is 1.70 bits per heavy atom. The average molecular weight is 165 g/mol. The van der Waals surface area contributed by atoms with Crippen LogP contribution in [0, 0.1) is 0 Å². The Labute approximate surface area is 64.3 Å². The van der Waals surface area contributed by atoms with Crippen LogP contribution in [0.25, 0.3) is 0 Å². The number of aliphatic hydroxyl groups is 1. The number of aromatic nitrogens is 3. The molecule has 0 amide bonds. The molecule has 0 saturated carbocycles. The maximum Gasteiger partial charge on any atom is 0.239 e. The number of hydrogen-bond donors (Lipinski definition) is 2. The molecule has 0 unspecified atom stereocenters. The van der Waals surface area contributed by atoms with Crippen LogP contribution in [0.4, 0.5) is 5.95 Å². The van der Waals surface area contributed by atoms with E-state index in [4.69, 9.17) is 10.8 Å². The van der Waals surface area contributed by atoms with Crippen LogP contribution < -0.4 is 5.73 Å². The van der Waals surface area contributed by atoms with Crippen molar-refractivity contribution in [3.8, 4) is 0 Å². The van der Waals surface area contributed by atoms with Gasteiger partial charge in [0.15, 0.2) is 0 Å². The normalized spacial score (nSPS) is 8.90. The molecule has 0 aliphatic heterocycles. The summed E-state index contributed by atoms with van der Waals surface area (Å²) in [6.07, 6.45) is 1.48. The molecule has 0 atom stereocenters. The highest BCUT2D eigenvalue weighted by molar-refractivity contribution is 5.85. The van der Waals surface area contributed by atoms with E-state index in [1.54, 1.807) is 0 Å². The molecule has 0 spiro atoms. The van der Waals surface area contributed by atoms with Crippen molar-refractivity contribution in [2.45, 2.75) is 6.54 Å². The van der Waals surface area contributed by atoms with Gasteiger partial charge in [-0.05, 0) is 0 Å². The molecule has 1 aromatic rings. The zero-order chi connectivity index (χ0) is 6.69. The second kappa shape index (κ2) is 4.08. The van der Waals surface area contributed by atoms with Crippen molar-refractivity contribution < 1.29 is 5.11 Å². The lowest BCUT2D eigenvalue weighted by atomic mass is 10.7. The van der Waals surface area contributed by atoms with Gasteiger partial charge in [-0.25, -0.2) is 9.67 Å². The summed E-state index contributed by atoms with van der Waals surface area (Å²) in [6, 6.07) is 0. The van der Waals surface area contributed by atoms with Gasteiger partial charge >= 0.3 is 0 Å². The molecule has 0 aromatic carbocycles. The zero-order valence-electron chi connectivity index (χ0n) is 5.27. The SMILES string of the molecule is Cl.Nc1ncn(CCO)n1. The highest BCUT2D eigenvalue weighted by Gasteiger charge is 1.91. The molecule has 1 heterocycles. The summed E-state index contributed by atoms with van der Waals surface area (Å²) in [4.78, 5) is 3.65. The van der Waals surface area contributed by atoms with Gasteiger partial charge in [0.25, 0.3) is 0 Å². The van der Waals surface area contributed by atoms with E-state index in [0.717, 1.165) is 0 Å². The topological polar surface area (TPSA) is 77.0 Å². The van der Waals surface area contributed by atoms with Gasteiger partial charge < -0.3 is 10.8 Å². The highest BCUT2D eigenvalue weighted by atomic mass is 35.5. The Hall–Kier alpha value is -0.810. The molecule has 0 saturated heterocycles. The number of rotatable bonds is 2. The first-order valence-corrected chi connectivity index (χ1v) is 2.58. The van der Waals surface area contributed by atoms with Crippen molar-refractivity contribution in [1.29, 1.82) is 0 Å².